The van der Waals surface area contributed by atoms with Crippen LogP contribution in [0.15, 0.2) is 52.9 Å². The number of hydrogen-bond acceptors (Lipinski definition) is 5. The Morgan fingerprint density at radius 2 is 1.89 bits per heavy atom. The predicted molar refractivity (Wildman–Crippen MR) is 117 cm³/mol. The molecule has 4 aromatic rings. The van der Waals surface area contributed by atoms with E-state index in [9.17, 15) is 4.79 Å². The smallest absolute Gasteiger partial charge is 0.231 e. The zero-order valence-electron chi connectivity index (χ0n) is 15.8. The zero-order valence-corrected chi connectivity index (χ0v) is 17.4. The number of para-hydroxylation sites is 3. The summed E-state index contributed by atoms with van der Waals surface area (Å²) >= 11 is 3.10. The summed E-state index contributed by atoms with van der Waals surface area (Å²) in [5, 5.41) is 3.17. The van der Waals surface area contributed by atoms with Gasteiger partial charge >= 0.3 is 0 Å². The number of thioether (sulfide) groups is 1. The number of rotatable bonds is 7. The van der Waals surface area contributed by atoms with Crippen LogP contribution in [0.1, 0.15) is 32.1 Å². The normalized spacial score (nSPS) is 13.6. The third-order valence-electron chi connectivity index (χ3n) is 4.83. The van der Waals surface area contributed by atoms with Gasteiger partial charge in [-0.05, 0) is 30.2 Å². The lowest BCUT2D eigenvalue weighted by Gasteiger charge is -2.22. The third kappa shape index (κ3) is 4.05. The maximum Gasteiger partial charge on any atom is 0.231 e. The molecule has 2 aromatic carbocycles. The van der Waals surface area contributed by atoms with E-state index in [-0.39, 0.29) is 17.9 Å². The molecule has 2 aromatic heterocycles. The fourth-order valence-electron chi connectivity index (χ4n) is 3.09. The van der Waals surface area contributed by atoms with Gasteiger partial charge in [-0.3, -0.25) is 4.79 Å². The van der Waals surface area contributed by atoms with E-state index in [0.717, 1.165) is 37.8 Å². The second-order valence-electron chi connectivity index (χ2n) is 6.81. The first-order valence-electron chi connectivity index (χ1n) is 9.36. The number of benzene rings is 2. The number of H-pyrrole nitrogens is 1. The van der Waals surface area contributed by atoms with Crippen LogP contribution in [0, 0.1) is 5.92 Å². The standard InChI is InChI=1S/C21H22N4OS2/c1-3-13(2)19(20-22-14-8-4-5-9-15(14)23-20)25-18(26)12-27-21-24-16-10-6-7-11-17(16)28-21/h4-11,13,19H,3,12H2,1-2H3,(H,22,23)(H,25,26). The van der Waals surface area contributed by atoms with Gasteiger partial charge in [-0.2, -0.15) is 0 Å². The Morgan fingerprint density at radius 3 is 2.64 bits per heavy atom. The highest BCUT2D eigenvalue weighted by Gasteiger charge is 2.23. The second-order valence-corrected chi connectivity index (χ2v) is 9.06. The number of hydrogen-bond donors (Lipinski definition) is 2. The molecule has 0 aliphatic heterocycles. The van der Waals surface area contributed by atoms with Crippen molar-refractivity contribution < 1.29 is 4.79 Å². The van der Waals surface area contributed by atoms with Crippen LogP contribution in [0.5, 0.6) is 0 Å². The molecule has 2 atom stereocenters. The van der Waals surface area contributed by atoms with E-state index in [1.165, 1.54) is 11.8 Å². The molecule has 0 aliphatic carbocycles. The van der Waals surface area contributed by atoms with Crippen molar-refractivity contribution in [1.29, 1.82) is 0 Å². The number of carbonyl (C=O) groups is 1. The highest BCUT2D eigenvalue weighted by atomic mass is 32.2. The summed E-state index contributed by atoms with van der Waals surface area (Å²) in [6, 6.07) is 15.8. The average molecular weight is 411 g/mol. The summed E-state index contributed by atoms with van der Waals surface area (Å²) in [4.78, 5) is 25.3. The molecular formula is C21H22N4OS2. The molecule has 2 heterocycles. The Kier molecular flexibility index (Phi) is 5.64. The molecule has 0 saturated carbocycles. The lowest BCUT2D eigenvalue weighted by Crippen LogP contribution is -2.34. The molecule has 144 valence electrons. The Balaban J connectivity index is 1.46. The molecule has 5 nitrogen and oxygen atoms in total. The number of amides is 1. The van der Waals surface area contributed by atoms with Crippen molar-refractivity contribution in [1.82, 2.24) is 20.3 Å². The first-order valence-corrected chi connectivity index (χ1v) is 11.2. The Hall–Kier alpha value is -2.38. The SMILES string of the molecule is CCC(C)C(NC(=O)CSc1nc2ccccc2s1)c1nc2ccccc2[nH]1. The van der Waals surface area contributed by atoms with Crippen molar-refractivity contribution >= 4 is 50.3 Å². The van der Waals surface area contributed by atoms with Crippen molar-refractivity contribution in [2.45, 2.75) is 30.6 Å². The van der Waals surface area contributed by atoms with Gasteiger partial charge in [-0.1, -0.05) is 56.3 Å². The van der Waals surface area contributed by atoms with Crippen LogP contribution < -0.4 is 5.32 Å². The number of aromatic amines is 1. The fraction of sp³-hybridized carbons (Fsp3) is 0.286. The number of aromatic nitrogens is 3. The molecule has 2 unspecified atom stereocenters. The van der Waals surface area contributed by atoms with E-state index in [1.807, 2.05) is 42.5 Å². The molecule has 1 amide bonds. The number of nitrogens with one attached hydrogen (secondary N) is 2. The molecule has 2 N–H and O–H groups in total. The molecular weight excluding hydrogens is 388 g/mol. The number of imidazole rings is 1. The van der Waals surface area contributed by atoms with E-state index < -0.39 is 0 Å². The zero-order chi connectivity index (χ0) is 19.5. The van der Waals surface area contributed by atoms with Gasteiger partial charge in [-0.15, -0.1) is 11.3 Å². The van der Waals surface area contributed by atoms with Crippen molar-refractivity contribution in [2.24, 2.45) is 5.92 Å². The van der Waals surface area contributed by atoms with Gasteiger partial charge in [0.05, 0.1) is 33.0 Å². The number of carbonyl (C=O) groups excluding carboxylic acids is 1. The molecule has 0 fully saturated rings. The molecule has 0 bridgehead atoms. The Bertz CT molecular complexity index is 1040. The first kappa shape index (κ1) is 19.0. The maximum absolute atomic E-state index is 12.7. The van der Waals surface area contributed by atoms with Crippen LogP contribution >= 0.6 is 23.1 Å². The predicted octanol–water partition coefficient (Wildman–Crippen LogP) is 5.17. The molecule has 0 spiro atoms. The molecule has 0 radical (unpaired) electrons. The largest absolute Gasteiger partial charge is 0.345 e. The van der Waals surface area contributed by atoms with E-state index >= 15 is 0 Å². The second kappa shape index (κ2) is 8.32. The van der Waals surface area contributed by atoms with Gasteiger partial charge in [-0.25, -0.2) is 9.97 Å². The minimum absolute atomic E-state index is 0.00462. The van der Waals surface area contributed by atoms with Gasteiger partial charge in [0.2, 0.25) is 5.91 Å². The van der Waals surface area contributed by atoms with Gasteiger partial charge < -0.3 is 10.3 Å². The number of fused-ring (bicyclic) bond motifs is 2. The Morgan fingerprint density at radius 1 is 1.14 bits per heavy atom. The minimum Gasteiger partial charge on any atom is -0.345 e. The van der Waals surface area contributed by atoms with E-state index in [1.54, 1.807) is 11.3 Å². The summed E-state index contributed by atoms with van der Waals surface area (Å²) < 4.78 is 2.06. The lowest BCUT2D eigenvalue weighted by molar-refractivity contribution is -0.119. The fourth-order valence-corrected chi connectivity index (χ4v) is 4.97. The highest BCUT2D eigenvalue weighted by Crippen LogP contribution is 2.30. The van der Waals surface area contributed by atoms with Crippen molar-refractivity contribution in [3.63, 3.8) is 0 Å². The molecule has 0 aliphatic rings. The quantitative estimate of drug-likeness (QED) is 0.413. The van der Waals surface area contributed by atoms with Crippen LogP contribution in [-0.4, -0.2) is 26.6 Å². The maximum atomic E-state index is 12.7. The van der Waals surface area contributed by atoms with E-state index in [2.05, 4.69) is 35.2 Å². The lowest BCUT2D eigenvalue weighted by atomic mass is 9.98. The van der Waals surface area contributed by atoms with Gasteiger partial charge in [0.1, 0.15) is 5.82 Å². The van der Waals surface area contributed by atoms with Crippen molar-refractivity contribution in [2.75, 3.05) is 5.75 Å². The van der Waals surface area contributed by atoms with Gasteiger partial charge in [0.25, 0.3) is 0 Å². The van der Waals surface area contributed by atoms with Gasteiger partial charge in [0, 0.05) is 0 Å². The summed E-state index contributed by atoms with van der Waals surface area (Å²) in [5.74, 6) is 1.42. The summed E-state index contributed by atoms with van der Waals surface area (Å²) in [7, 11) is 0. The van der Waals surface area contributed by atoms with Crippen molar-refractivity contribution in [3.8, 4) is 0 Å². The number of nitrogens with zero attached hydrogens (tertiary/aromatic N) is 2. The monoisotopic (exact) mass is 410 g/mol. The Labute approximate surface area is 172 Å². The molecule has 4 rings (SSSR count). The van der Waals surface area contributed by atoms with E-state index in [0.29, 0.717) is 5.75 Å². The summed E-state index contributed by atoms with van der Waals surface area (Å²) in [6.07, 6.45) is 0.951. The van der Waals surface area contributed by atoms with Gasteiger partial charge in [0.15, 0.2) is 4.34 Å². The van der Waals surface area contributed by atoms with Crippen LogP contribution in [0.2, 0.25) is 0 Å². The molecule has 28 heavy (non-hydrogen) atoms. The molecule has 0 saturated heterocycles. The van der Waals surface area contributed by atoms with Crippen LogP contribution in [0.25, 0.3) is 21.3 Å². The van der Waals surface area contributed by atoms with Crippen LogP contribution in [-0.2, 0) is 4.79 Å². The minimum atomic E-state index is -0.138. The van der Waals surface area contributed by atoms with E-state index in [4.69, 9.17) is 4.98 Å². The average Bonchev–Trinajstić information content (AvgIpc) is 3.33. The summed E-state index contributed by atoms with van der Waals surface area (Å²) in [6.45, 7) is 4.27. The van der Waals surface area contributed by atoms with Crippen molar-refractivity contribution in [3.05, 3.63) is 54.4 Å². The summed E-state index contributed by atoms with van der Waals surface area (Å²) in [5.41, 5.74) is 2.89. The van der Waals surface area contributed by atoms with Crippen LogP contribution in [0.3, 0.4) is 0 Å². The topological polar surface area (TPSA) is 70.7 Å². The third-order valence-corrected chi connectivity index (χ3v) is 7.01. The first-order chi connectivity index (χ1) is 13.6. The highest BCUT2D eigenvalue weighted by molar-refractivity contribution is 8.01. The number of thiazole rings is 1. The molecule has 7 heteroatoms. The van der Waals surface area contributed by atoms with Crippen LogP contribution in [0.4, 0.5) is 0 Å².